The number of rotatable bonds is 6. The Hall–Kier alpha value is -4.19. The van der Waals surface area contributed by atoms with Gasteiger partial charge < -0.3 is 24.3 Å². The van der Waals surface area contributed by atoms with Crippen molar-refractivity contribution in [2.24, 2.45) is 4.99 Å². The number of hydrogen-bond acceptors (Lipinski definition) is 7. The number of amidine groups is 1. The van der Waals surface area contributed by atoms with E-state index in [0.29, 0.717) is 12.1 Å². The van der Waals surface area contributed by atoms with Crippen LogP contribution >= 0.6 is 0 Å². The van der Waals surface area contributed by atoms with Crippen LogP contribution in [-0.2, 0) is 4.74 Å². The van der Waals surface area contributed by atoms with Gasteiger partial charge in [-0.05, 0) is 32.9 Å². The highest BCUT2D eigenvalue weighted by Gasteiger charge is 2.41. The molecule has 9 nitrogen and oxygen atoms in total. The molecule has 2 aromatic carbocycles. The molecule has 0 aromatic heterocycles. The molecule has 2 aromatic rings. The predicted molar refractivity (Wildman–Crippen MR) is 125 cm³/mol. The van der Waals surface area contributed by atoms with Crippen LogP contribution in [0, 0.1) is 17.5 Å². The number of amides is 2. The molecule has 2 amide bonds. The molecular formula is C25H24F3N3O6. The fourth-order valence-electron chi connectivity index (χ4n) is 3.49. The Morgan fingerprint density at radius 1 is 1.05 bits per heavy atom. The third-order valence-electron chi connectivity index (χ3n) is 5.25. The third-order valence-corrected chi connectivity index (χ3v) is 5.25. The van der Waals surface area contributed by atoms with Gasteiger partial charge in [0, 0.05) is 37.9 Å². The van der Waals surface area contributed by atoms with Gasteiger partial charge >= 0.3 is 12.1 Å². The van der Waals surface area contributed by atoms with Gasteiger partial charge in [-0.25, -0.2) is 27.8 Å². The number of carbonyl (C=O) groups excluding carboxylic acids is 3. The predicted octanol–water partition coefficient (Wildman–Crippen LogP) is 4.11. The van der Waals surface area contributed by atoms with Crippen molar-refractivity contribution in [2.45, 2.75) is 32.8 Å². The SMILES string of the molecule is CN(CCC1=NC=C[N+]1(C(=O)[O-])c1ccc(OC(=O)c2c(F)cc(F)cc2F)cc1)C(=O)OC(C)(C)C. The summed E-state index contributed by atoms with van der Waals surface area (Å²) in [7, 11) is 1.50. The lowest BCUT2D eigenvalue weighted by atomic mass is 10.2. The number of benzene rings is 2. The summed E-state index contributed by atoms with van der Waals surface area (Å²) in [5.74, 6) is -5.48. The second-order valence-electron chi connectivity index (χ2n) is 9.11. The second-order valence-corrected chi connectivity index (χ2v) is 9.11. The molecule has 0 bridgehead atoms. The summed E-state index contributed by atoms with van der Waals surface area (Å²) < 4.78 is 50.2. The van der Waals surface area contributed by atoms with Crippen molar-refractivity contribution in [1.82, 2.24) is 9.38 Å². The van der Waals surface area contributed by atoms with Gasteiger partial charge in [-0.2, -0.15) is 4.48 Å². The van der Waals surface area contributed by atoms with Gasteiger partial charge in [-0.15, -0.1) is 0 Å². The summed E-state index contributed by atoms with van der Waals surface area (Å²) in [5, 5.41) is 12.3. The van der Waals surface area contributed by atoms with E-state index in [4.69, 9.17) is 9.47 Å². The van der Waals surface area contributed by atoms with Crippen LogP contribution in [0.15, 0.2) is 53.8 Å². The molecule has 1 atom stereocenters. The zero-order valence-corrected chi connectivity index (χ0v) is 20.5. The third kappa shape index (κ3) is 5.97. The van der Waals surface area contributed by atoms with Gasteiger partial charge in [0.15, 0.2) is 0 Å². The lowest BCUT2D eigenvalue weighted by Gasteiger charge is -2.32. The van der Waals surface area contributed by atoms with Crippen molar-refractivity contribution in [3.05, 3.63) is 71.8 Å². The van der Waals surface area contributed by atoms with Crippen LogP contribution in [0.4, 0.5) is 28.4 Å². The lowest BCUT2D eigenvalue weighted by Crippen LogP contribution is -2.59. The normalized spacial score (nSPS) is 16.8. The molecule has 37 heavy (non-hydrogen) atoms. The first-order valence-corrected chi connectivity index (χ1v) is 11.0. The average molecular weight is 519 g/mol. The summed E-state index contributed by atoms with van der Waals surface area (Å²) in [5.41, 5.74) is -1.64. The Kier molecular flexibility index (Phi) is 7.72. The first-order valence-electron chi connectivity index (χ1n) is 11.0. The van der Waals surface area contributed by atoms with Crippen LogP contribution in [0.25, 0.3) is 0 Å². The van der Waals surface area contributed by atoms with Crippen LogP contribution < -0.4 is 14.3 Å². The molecule has 0 fully saturated rings. The van der Waals surface area contributed by atoms with Gasteiger partial charge in [0.1, 0.15) is 46.3 Å². The maximum Gasteiger partial charge on any atom is 0.410 e. The van der Waals surface area contributed by atoms with Crippen LogP contribution in [0.5, 0.6) is 5.75 Å². The van der Waals surface area contributed by atoms with Crippen molar-refractivity contribution in [1.29, 1.82) is 0 Å². The molecule has 196 valence electrons. The smallest absolute Gasteiger partial charge is 0.410 e. The van der Waals surface area contributed by atoms with E-state index < -0.39 is 51.3 Å². The van der Waals surface area contributed by atoms with E-state index in [1.807, 2.05) is 0 Å². The maximum atomic E-state index is 13.9. The minimum Gasteiger partial charge on any atom is -0.497 e. The van der Waals surface area contributed by atoms with E-state index in [0.717, 1.165) is 0 Å². The summed E-state index contributed by atoms with van der Waals surface area (Å²) in [6.07, 6.45) is 0.476. The van der Waals surface area contributed by atoms with Crippen molar-refractivity contribution in [3.8, 4) is 5.75 Å². The molecule has 0 aliphatic carbocycles. The van der Waals surface area contributed by atoms with Crippen LogP contribution in [0.3, 0.4) is 0 Å². The number of ether oxygens (including phenoxy) is 2. The van der Waals surface area contributed by atoms with Crippen molar-refractivity contribution >= 4 is 29.7 Å². The Balaban J connectivity index is 1.78. The molecule has 1 heterocycles. The number of nitrogens with zero attached hydrogens (tertiary/aromatic N) is 3. The number of hydrogen-bond donors (Lipinski definition) is 0. The van der Waals surface area contributed by atoms with Crippen LogP contribution in [0.2, 0.25) is 0 Å². The van der Waals surface area contributed by atoms with Crippen LogP contribution in [0.1, 0.15) is 37.6 Å². The summed E-state index contributed by atoms with van der Waals surface area (Å²) in [6, 6.07) is 5.73. The molecule has 1 unspecified atom stereocenters. The van der Waals surface area contributed by atoms with Crippen LogP contribution in [-0.4, -0.2) is 48.1 Å². The zero-order chi connectivity index (χ0) is 27.5. The molecular weight excluding hydrogens is 495 g/mol. The second kappa shape index (κ2) is 10.4. The number of carboxylic acid groups (broad SMARTS) is 1. The fourth-order valence-corrected chi connectivity index (χ4v) is 3.49. The van der Waals surface area contributed by atoms with Gasteiger partial charge in [-0.1, -0.05) is 0 Å². The number of carbonyl (C=O) groups is 3. The van der Waals surface area contributed by atoms with Gasteiger partial charge in [0.05, 0.1) is 12.6 Å². The summed E-state index contributed by atoms with van der Waals surface area (Å²) in [6.45, 7) is 5.24. The monoisotopic (exact) mass is 519 g/mol. The highest BCUT2D eigenvalue weighted by molar-refractivity contribution is 6.10. The van der Waals surface area contributed by atoms with Crippen molar-refractivity contribution in [3.63, 3.8) is 0 Å². The number of quaternary nitrogens is 1. The summed E-state index contributed by atoms with van der Waals surface area (Å²) in [4.78, 5) is 42.1. The minimum absolute atomic E-state index is 0.0522. The zero-order valence-electron chi connectivity index (χ0n) is 20.5. The molecule has 0 radical (unpaired) electrons. The van der Waals surface area contributed by atoms with E-state index in [9.17, 15) is 32.7 Å². The van der Waals surface area contributed by atoms with Gasteiger partial charge in [0.25, 0.3) is 6.09 Å². The number of halogens is 3. The first-order chi connectivity index (χ1) is 17.2. The molecule has 0 N–H and O–H groups in total. The van der Waals surface area contributed by atoms with E-state index in [-0.39, 0.29) is 30.2 Å². The van der Waals surface area contributed by atoms with E-state index in [1.54, 1.807) is 20.8 Å². The topological polar surface area (TPSA) is 108 Å². The minimum atomic E-state index is -1.53. The molecule has 1 aliphatic rings. The van der Waals surface area contributed by atoms with E-state index in [2.05, 4.69) is 4.99 Å². The fraction of sp³-hybridized carbons (Fsp3) is 0.280. The number of esters is 1. The maximum absolute atomic E-state index is 13.9. The quantitative estimate of drug-likeness (QED) is 0.323. The molecule has 3 rings (SSSR count). The van der Waals surface area contributed by atoms with E-state index >= 15 is 0 Å². The largest absolute Gasteiger partial charge is 0.497 e. The Bertz CT molecular complexity index is 1260. The Morgan fingerprint density at radius 2 is 1.65 bits per heavy atom. The lowest BCUT2D eigenvalue weighted by molar-refractivity contribution is -0.257. The molecule has 0 saturated carbocycles. The van der Waals surface area contributed by atoms with Gasteiger partial charge in [-0.3, -0.25) is 0 Å². The Morgan fingerprint density at radius 3 is 2.19 bits per heavy atom. The highest BCUT2D eigenvalue weighted by atomic mass is 19.1. The standard InChI is InChI=1S/C25H24F3N3O6/c1-25(2,3)37-23(33)30(4)11-9-20-29-10-12-31(20,24(34)35)16-5-7-17(8-6-16)36-22(32)21-18(27)13-15(26)14-19(21)28/h5-8,10,12-14H,9,11H2,1-4H3. The molecule has 0 saturated heterocycles. The van der Waals surface area contributed by atoms with E-state index in [1.165, 1.54) is 48.6 Å². The number of aliphatic imine (C=N–C) groups is 1. The highest BCUT2D eigenvalue weighted by Crippen LogP contribution is 2.31. The van der Waals surface area contributed by atoms with Crippen molar-refractivity contribution in [2.75, 3.05) is 13.6 Å². The first kappa shape index (κ1) is 27.4. The molecule has 1 aliphatic heterocycles. The average Bonchev–Trinajstić information content (AvgIpc) is 3.21. The van der Waals surface area contributed by atoms with Gasteiger partial charge in [0.2, 0.25) is 5.84 Å². The van der Waals surface area contributed by atoms with Crippen molar-refractivity contribution < 1.29 is 42.1 Å². The Labute approximate surface area is 210 Å². The summed E-state index contributed by atoms with van der Waals surface area (Å²) >= 11 is 0. The molecule has 12 heteroatoms. The molecule has 0 spiro atoms.